The Morgan fingerprint density at radius 2 is 1.89 bits per heavy atom. The summed E-state index contributed by atoms with van der Waals surface area (Å²) in [7, 11) is 1.63. The highest BCUT2D eigenvalue weighted by atomic mass is 32.2. The molecule has 0 saturated heterocycles. The van der Waals surface area contributed by atoms with E-state index >= 15 is 0 Å². The van der Waals surface area contributed by atoms with E-state index in [1.165, 1.54) is 23.1 Å². The van der Waals surface area contributed by atoms with Crippen LogP contribution in [0.15, 0.2) is 65.7 Å². The molecular formula is C20H16N4O2S2. The van der Waals surface area contributed by atoms with E-state index in [1.54, 1.807) is 7.11 Å². The molecule has 0 aliphatic carbocycles. The Bertz CT molecular complexity index is 1080. The van der Waals surface area contributed by atoms with E-state index in [0.717, 1.165) is 27.2 Å². The predicted octanol–water partition coefficient (Wildman–Crippen LogP) is 4.49. The number of hydrogen-bond acceptors (Lipinski definition) is 7. The molecule has 6 nitrogen and oxygen atoms in total. The van der Waals surface area contributed by atoms with E-state index in [2.05, 4.69) is 20.5 Å². The van der Waals surface area contributed by atoms with Crippen LogP contribution in [0.1, 0.15) is 0 Å². The lowest BCUT2D eigenvalue weighted by molar-refractivity contribution is -0.113. The molecule has 8 heteroatoms. The summed E-state index contributed by atoms with van der Waals surface area (Å²) < 4.78 is 6.40. The minimum Gasteiger partial charge on any atom is -0.496 e. The number of amides is 1. The number of thiazole rings is 1. The number of fused-ring (bicyclic) bond motifs is 1. The van der Waals surface area contributed by atoms with Crippen LogP contribution in [0.5, 0.6) is 5.75 Å². The molecule has 2 heterocycles. The van der Waals surface area contributed by atoms with Crippen molar-refractivity contribution in [2.45, 2.75) is 5.03 Å². The fourth-order valence-corrected chi connectivity index (χ4v) is 4.11. The standard InChI is InChI=1S/C20H16N4O2S2/c1-26-16-8-4-2-6-13(16)14-10-11-19(24-23-14)27-12-18(25)22-20-21-15-7-3-5-9-17(15)28-20/h2-11H,12H2,1H3,(H,21,22,25). The third kappa shape index (κ3) is 4.13. The van der Waals surface area contributed by atoms with Crippen LogP contribution < -0.4 is 10.1 Å². The number of methoxy groups -OCH3 is 1. The van der Waals surface area contributed by atoms with Gasteiger partial charge in [0.25, 0.3) is 0 Å². The first kappa shape index (κ1) is 18.4. The molecule has 0 atom stereocenters. The molecule has 0 radical (unpaired) electrons. The van der Waals surface area contributed by atoms with Gasteiger partial charge in [0.05, 0.1) is 28.8 Å². The van der Waals surface area contributed by atoms with Crippen LogP contribution in [0.25, 0.3) is 21.5 Å². The SMILES string of the molecule is COc1ccccc1-c1ccc(SCC(=O)Nc2nc3ccccc3s2)nn1. The molecular weight excluding hydrogens is 392 g/mol. The average molecular weight is 409 g/mol. The number of carbonyl (C=O) groups excluding carboxylic acids is 1. The number of ether oxygens (including phenoxy) is 1. The molecule has 2 aromatic carbocycles. The summed E-state index contributed by atoms with van der Waals surface area (Å²) in [4.78, 5) is 16.6. The zero-order chi connectivity index (χ0) is 19.3. The highest BCUT2D eigenvalue weighted by Gasteiger charge is 2.10. The highest BCUT2D eigenvalue weighted by Crippen LogP contribution is 2.29. The lowest BCUT2D eigenvalue weighted by Crippen LogP contribution is -2.13. The number of hydrogen-bond donors (Lipinski definition) is 1. The Kier molecular flexibility index (Phi) is 5.50. The van der Waals surface area contributed by atoms with E-state index in [9.17, 15) is 4.79 Å². The first-order valence-electron chi connectivity index (χ1n) is 8.48. The number of carbonyl (C=O) groups is 1. The molecule has 0 aliphatic heterocycles. The number of para-hydroxylation sites is 2. The number of nitrogens with one attached hydrogen (secondary N) is 1. The molecule has 2 aromatic heterocycles. The number of nitrogens with zero attached hydrogens (tertiary/aromatic N) is 3. The van der Waals surface area contributed by atoms with Gasteiger partial charge in [-0.15, -0.1) is 10.2 Å². The van der Waals surface area contributed by atoms with Crippen molar-refractivity contribution in [3.63, 3.8) is 0 Å². The van der Waals surface area contributed by atoms with Gasteiger partial charge >= 0.3 is 0 Å². The number of thioether (sulfide) groups is 1. The zero-order valence-corrected chi connectivity index (χ0v) is 16.6. The van der Waals surface area contributed by atoms with Crippen molar-refractivity contribution in [3.05, 3.63) is 60.7 Å². The summed E-state index contributed by atoms with van der Waals surface area (Å²) >= 11 is 2.79. The van der Waals surface area contributed by atoms with Crippen LogP contribution in [-0.4, -0.2) is 34.0 Å². The number of aromatic nitrogens is 3. The first-order chi connectivity index (χ1) is 13.7. The maximum atomic E-state index is 12.2. The molecule has 0 aliphatic rings. The summed E-state index contributed by atoms with van der Waals surface area (Å²) in [6.45, 7) is 0. The van der Waals surface area contributed by atoms with Gasteiger partial charge in [0.15, 0.2) is 5.13 Å². The second kappa shape index (κ2) is 8.37. The van der Waals surface area contributed by atoms with Gasteiger partial charge in [-0.1, -0.05) is 47.4 Å². The summed E-state index contributed by atoms with van der Waals surface area (Å²) in [5.41, 5.74) is 2.48. The largest absolute Gasteiger partial charge is 0.496 e. The second-order valence-electron chi connectivity index (χ2n) is 5.78. The molecule has 0 fully saturated rings. The summed E-state index contributed by atoms with van der Waals surface area (Å²) in [5.74, 6) is 0.852. The lowest BCUT2D eigenvalue weighted by atomic mass is 10.1. The smallest absolute Gasteiger partial charge is 0.236 e. The first-order valence-corrected chi connectivity index (χ1v) is 10.3. The average Bonchev–Trinajstić information content (AvgIpc) is 3.15. The number of anilines is 1. The predicted molar refractivity (Wildman–Crippen MR) is 113 cm³/mol. The minimum atomic E-state index is -0.125. The van der Waals surface area contributed by atoms with Gasteiger partial charge in [0, 0.05) is 5.56 Å². The minimum absolute atomic E-state index is 0.125. The third-order valence-electron chi connectivity index (χ3n) is 3.91. The van der Waals surface area contributed by atoms with Crippen molar-refractivity contribution in [3.8, 4) is 17.0 Å². The fraction of sp³-hybridized carbons (Fsp3) is 0.100. The third-order valence-corrected chi connectivity index (χ3v) is 5.79. The Labute approximate surface area is 170 Å². The van der Waals surface area contributed by atoms with E-state index < -0.39 is 0 Å². The Morgan fingerprint density at radius 3 is 2.68 bits per heavy atom. The van der Waals surface area contributed by atoms with Crippen LogP contribution in [0, 0.1) is 0 Å². The fourth-order valence-electron chi connectivity index (χ4n) is 2.62. The molecule has 1 amide bonds. The maximum Gasteiger partial charge on any atom is 0.236 e. The molecule has 0 unspecified atom stereocenters. The van der Waals surface area contributed by atoms with Crippen LogP contribution in [-0.2, 0) is 4.79 Å². The molecule has 28 heavy (non-hydrogen) atoms. The van der Waals surface area contributed by atoms with Crippen molar-refractivity contribution in [2.24, 2.45) is 0 Å². The molecule has 140 valence electrons. The van der Waals surface area contributed by atoms with E-state index in [4.69, 9.17) is 4.74 Å². The van der Waals surface area contributed by atoms with Gasteiger partial charge in [-0.05, 0) is 36.4 Å². The summed E-state index contributed by atoms with van der Waals surface area (Å²) in [6, 6.07) is 19.2. The number of benzene rings is 2. The van der Waals surface area contributed by atoms with Gasteiger partial charge in [0.2, 0.25) is 5.91 Å². The van der Waals surface area contributed by atoms with Crippen molar-refractivity contribution < 1.29 is 9.53 Å². The van der Waals surface area contributed by atoms with Gasteiger partial charge in [-0.25, -0.2) is 4.98 Å². The molecule has 4 rings (SSSR count). The van der Waals surface area contributed by atoms with Gasteiger partial charge in [0.1, 0.15) is 10.8 Å². The topological polar surface area (TPSA) is 77.0 Å². The van der Waals surface area contributed by atoms with E-state index in [-0.39, 0.29) is 11.7 Å². The zero-order valence-electron chi connectivity index (χ0n) is 15.0. The van der Waals surface area contributed by atoms with Crippen LogP contribution >= 0.6 is 23.1 Å². The van der Waals surface area contributed by atoms with Crippen LogP contribution in [0.4, 0.5) is 5.13 Å². The van der Waals surface area contributed by atoms with Crippen molar-refractivity contribution in [1.29, 1.82) is 0 Å². The van der Waals surface area contributed by atoms with Gasteiger partial charge < -0.3 is 10.1 Å². The van der Waals surface area contributed by atoms with Gasteiger partial charge in [-0.2, -0.15) is 0 Å². The highest BCUT2D eigenvalue weighted by molar-refractivity contribution is 7.99. The Balaban J connectivity index is 1.37. The van der Waals surface area contributed by atoms with E-state index in [1.807, 2.05) is 60.7 Å². The molecule has 0 saturated carbocycles. The maximum absolute atomic E-state index is 12.2. The van der Waals surface area contributed by atoms with Crippen LogP contribution in [0.3, 0.4) is 0 Å². The number of rotatable bonds is 6. The summed E-state index contributed by atoms with van der Waals surface area (Å²) in [5, 5.41) is 12.6. The normalized spacial score (nSPS) is 10.8. The Morgan fingerprint density at radius 1 is 1.07 bits per heavy atom. The lowest BCUT2D eigenvalue weighted by Gasteiger charge is -2.07. The molecule has 1 N–H and O–H groups in total. The van der Waals surface area contributed by atoms with E-state index in [0.29, 0.717) is 10.2 Å². The monoisotopic (exact) mass is 408 g/mol. The Hall–Kier alpha value is -2.97. The van der Waals surface area contributed by atoms with Crippen LogP contribution in [0.2, 0.25) is 0 Å². The summed E-state index contributed by atoms with van der Waals surface area (Å²) in [6.07, 6.45) is 0. The van der Waals surface area contributed by atoms with Crippen molar-refractivity contribution >= 4 is 44.4 Å². The van der Waals surface area contributed by atoms with Crippen molar-refractivity contribution in [2.75, 3.05) is 18.2 Å². The second-order valence-corrected chi connectivity index (χ2v) is 7.81. The molecule has 4 aromatic rings. The quantitative estimate of drug-likeness (QED) is 0.474. The van der Waals surface area contributed by atoms with Gasteiger partial charge in [-0.3, -0.25) is 4.79 Å². The molecule has 0 spiro atoms. The van der Waals surface area contributed by atoms with Crippen molar-refractivity contribution in [1.82, 2.24) is 15.2 Å². The molecule has 0 bridgehead atoms.